The lowest BCUT2D eigenvalue weighted by atomic mass is 9.66. The Morgan fingerprint density at radius 1 is 1.08 bits per heavy atom. The first-order chi connectivity index (χ1) is 12.6. The molecule has 2 nitrogen and oxygen atoms in total. The summed E-state index contributed by atoms with van der Waals surface area (Å²) >= 11 is 0. The summed E-state index contributed by atoms with van der Waals surface area (Å²) in [6.45, 7) is 5.99. The largest absolute Gasteiger partial charge is 0.337 e. The third-order valence-electron chi connectivity index (χ3n) is 6.30. The van der Waals surface area contributed by atoms with E-state index in [4.69, 9.17) is 0 Å². The molecule has 0 saturated heterocycles. The molecule has 0 N–H and O–H groups in total. The van der Waals surface area contributed by atoms with E-state index in [1.54, 1.807) is 0 Å². The number of hydrogen-bond acceptors (Lipinski definition) is 1. The van der Waals surface area contributed by atoms with Crippen LogP contribution in [0.5, 0.6) is 0 Å². The van der Waals surface area contributed by atoms with Crippen molar-refractivity contribution in [1.82, 2.24) is 9.55 Å². The Labute approximate surface area is 157 Å². The van der Waals surface area contributed by atoms with Crippen LogP contribution < -0.4 is 0 Å². The molecule has 1 aromatic heterocycles. The maximum absolute atomic E-state index is 4.23. The van der Waals surface area contributed by atoms with Crippen molar-refractivity contribution in [2.45, 2.75) is 52.5 Å². The quantitative estimate of drug-likeness (QED) is 0.545. The SMILES string of the molecule is CC1(C)CC[C@@H](CCc2ccc3ccccc3c2)[C@H](Cn2ccnc2)C1. The summed E-state index contributed by atoms with van der Waals surface area (Å²) in [6, 6.07) is 15.7. The molecule has 26 heavy (non-hydrogen) atoms. The van der Waals surface area contributed by atoms with E-state index in [2.05, 4.69) is 72.1 Å². The summed E-state index contributed by atoms with van der Waals surface area (Å²) in [6.07, 6.45) is 12.5. The molecule has 2 heteroatoms. The average Bonchev–Trinajstić information content (AvgIpc) is 3.13. The number of imidazole rings is 1. The van der Waals surface area contributed by atoms with E-state index >= 15 is 0 Å². The molecule has 2 aromatic carbocycles. The number of rotatable bonds is 5. The predicted molar refractivity (Wildman–Crippen MR) is 109 cm³/mol. The first-order valence-corrected chi connectivity index (χ1v) is 10.0. The minimum absolute atomic E-state index is 0.477. The number of fused-ring (bicyclic) bond motifs is 1. The topological polar surface area (TPSA) is 17.8 Å². The van der Waals surface area contributed by atoms with Crippen molar-refractivity contribution in [2.24, 2.45) is 17.3 Å². The second kappa shape index (κ2) is 7.26. The standard InChI is InChI=1S/C24H30N2/c1-24(2)12-11-21(23(16-24)17-26-14-13-25-18-26)10-8-19-7-9-20-5-3-4-6-22(20)15-19/h3-7,9,13-15,18,21,23H,8,10-12,16-17H2,1-2H3/t21-,23+/m1/s1. The Balaban J connectivity index is 1.45. The average molecular weight is 347 g/mol. The highest BCUT2D eigenvalue weighted by Gasteiger charge is 2.34. The lowest BCUT2D eigenvalue weighted by Crippen LogP contribution is -2.32. The Morgan fingerprint density at radius 2 is 1.92 bits per heavy atom. The van der Waals surface area contributed by atoms with Gasteiger partial charge in [-0.05, 0) is 65.7 Å². The van der Waals surface area contributed by atoms with Crippen LogP contribution in [-0.4, -0.2) is 9.55 Å². The molecule has 1 fully saturated rings. The maximum atomic E-state index is 4.23. The highest BCUT2D eigenvalue weighted by Crippen LogP contribution is 2.44. The van der Waals surface area contributed by atoms with E-state index in [1.165, 1.54) is 48.4 Å². The van der Waals surface area contributed by atoms with Crippen molar-refractivity contribution in [3.05, 3.63) is 66.7 Å². The van der Waals surface area contributed by atoms with Crippen LogP contribution in [0.4, 0.5) is 0 Å². The van der Waals surface area contributed by atoms with Crippen molar-refractivity contribution >= 4 is 10.8 Å². The first-order valence-electron chi connectivity index (χ1n) is 10.0. The van der Waals surface area contributed by atoms with Crippen molar-refractivity contribution in [1.29, 1.82) is 0 Å². The second-order valence-electron chi connectivity index (χ2n) is 8.91. The monoisotopic (exact) mass is 346 g/mol. The molecule has 0 spiro atoms. The molecule has 136 valence electrons. The summed E-state index contributed by atoms with van der Waals surface area (Å²) in [5, 5.41) is 2.71. The van der Waals surface area contributed by atoms with Gasteiger partial charge < -0.3 is 4.57 Å². The molecule has 0 amide bonds. The van der Waals surface area contributed by atoms with Crippen molar-refractivity contribution in [2.75, 3.05) is 0 Å². The molecule has 0 radical (unpaired) electrons. The molecular weight excluding hydrogens is 316 g/mol. The molecule has 1 aliphatic carbocycles. The van der Waals surface area contributed by atoms with E-state index in [0.29, 0.717) is 5.41 Å². The molecule has 0 bridgehead atoms. The van der Waals surface area contributed by atoms with Gasteiger partial charge in [-0.2, -0.15) is 0 Å². The van der Waals surface area contributed by atoms with Gasteiger partial charge in [0.1, 0.15) is 0 Å². The van der Waals surface area contributed by atoms with E-state index in [0.717, 1.165) is 18.4 Å². The number of nitrogens with zero attached hydrogens (tertiary/aromatic N) is 2. The second-order valence-corrected chi connectivity index (χ2v) is 8.91. The smallest absolute Gasteiger partial charge is 0.0945 e. The minimum atomic E-state index is 0.477. The Hall–Kier alpha value is -2.09. The maximum Gasteiger partial charge on any atom is 0.0945 e. The van der Waals surface area contributed by atoms with E-state index in [-0.39, 0.29) is 0 Å². The van der Waals surface area contributed by atoms with Gasteiger partial charge in [0.15, 0.2) is 0 Å². The van der Waals surface area contributed by atoms with Gasteiger partial charge in [0.25, 0.3) is 0 Å². The number of hydrogen-bond donors (Lipinski definition) is 0. The Morgan fingerprint density at radius 3 is 2.73 bits per heavy atom. The highest BCUT2D eigenvalue weighted by molar-refractivity contribution is 5.82. The van der Waals surface area contributed by atoms with Crippen LogP contribution in [0.3, 0.4) is 0 Å². The van der Waals surface area contributed by atoms with Crippen molar-refractivity contribution < 1.29 is 0 Å². The van der Waals surface area contributed by atoms with E-state index < -0.39 is 0 Å². The summed E-state index contributed by atoms with van der Waals surface area (Å²) in [4.78, 5) is 4.23. The van der Waals surface area contributed by atoms with Crippen LogP contribution in [0.25, 0.3) is 10.8 Å². The van der Waals surface area contributed by atoms with Crippen LogP contribution in [0.15, 0.2) is 61.2 Å². The molecule has 1 saturated carbocycles. The van der Waals surface area contributed by atoms with Gasteiger partial charge >= 0.3 is 0 Å². The zero-order valence-corrected chi connectivity index (χ0v) is 16.1. The van der Waals surface area contributed by atoms with Crippen LogP contribution in [0.2, 0.25) is 0 Å². The molecule has 1 heterocycles. The summed E-state index contributed by atoms with van der Waals surface area (Å²) in [7, 11) is 0. The van der Waals surface area contributed by atoms with Crippen LogP contribution in [-0.2, 0) is 13.0 Å². The molecule has 0 aliphatic heterocycles. The molecule has 3 aromatic rings. The molecular formula is C24H30N2. The Kier molecular flexibility index (Phi) is 4.84. The lowest BCUT2D eigenvalue weighted by Gasteiger charge is -2.41. The van der Waals surface area contributed by atoms with Crippen LogP contribution in [0, 0.1) is 17.3 Å². The summed E-state index contributed by atoms with van der Waals surface area (Å²) in [5.74, 6) is 1.57. The van der Waals surface area contributed by atoms with Gasteiger partial charge in [-0.15, -0.1) is 0 Å². The fraction of sp³-hybridized carbons (Fsp3) is 0.458. The molecule has 0 unspecified atom stereocenters. The summed E-state index contributed by atoms with van der Waals surface area (Å²) in [5.41, 5.74) is 1.96. The fourth-order valence-electron chi connectivity index (χ4n) is 4.80. The Bertz CT molecular complexity index is 848. The van der Waals surface area contributed by atoms with Gasteiger partial charge in [-0.3, -0.25) is 0 Å². The van der Waals surface area contributed by atoms with Gasteiger partial charge in [0.2, 0.25) is 0 Å². The minimum Gasteiger partial charge on any atom is -0.337 e. The number of aromatic nitrogens is 2. The molecule has 2 atom stereocenters. The summed E-state index contributed by atoms with van der Waals surface area (Å²) < 4.78 is 2.27. The van der Waals surface area contributed by atoms with Gasteiger partial charge in [0.05, 0.1) is 6.33 Å². The third kappa shape index (κ3) is 4.00. The van der Waals surface area contributed by atoms with Gasteiger partial charge in [-0.1, -0.05) is 56.3 Å². The molecule has 4 rings (SSSR count). The van der Waals surface area contributed by atoms with Crippen molar-refractivity contribution in [3.63, 3.8) is 0 Å². The lowest BCUT2D eigenvalue weighted by molar-refractivity contribution is 0.0991. The van der Waals surface area contributed by atoms with E-state index in [1.807, 2.05) is 12.5 Å². The zero-order chi connectivity index (χ0) is 18.0. The van der Waals surface area contributed by atoms with Gasteiger partial charge in [0, 0.05) is 18.9 Å². The van der Waals surface area contributed by atoms with Crippen molar-refractivity contribution in [3.8, 4) is 0 Å². The highest BCUT2D eigenvalue weighted by atomic mass is 15.0. The number of aryl methyl sites for hydroxylation is 1. The van der Waals surface area contributed by atoms with Gasteiger partial charge in [-0.25, -0.2) is 4.98 Å². The van der Waals surface area contributed by atoms with Crippen LogP contribution >= 0.6 is 0 Å². The van der Waals surface area contributed by atoms with Crippen LogP contribution in [0.1, 0.15) is 45.1 Å². The fourth-order valence-corrected chi connectivity index (χ4v) is 4.80. The third-order valence-corrected chi connectivity index (χ3v) is 6.30. The van der Waals surface area contributed by atoms with E-state index in [9.17, 15) is 0 Å². The molecule has 1 aliphatic rings. The predicted octanol–water partition coefficient (Wildman–Crippen LogP) is 6.11. The zero-order valence-electron chi connectivity index (χ0n) is 16.1. The first kappa shape index (κ1) is 17.3. The number of benzene rings is 2. The normalized spacial score (nSPS) is 22.5.